The Hall–Kier alpha value is -2.30. The van der Waals surface area contributed by atoms with Gasteiger partial charge in [0.2, 0.25) is 0 Å². The molecule has 0 bridgehead atoms. The smallest absolute Gasteiger partial charge is 0.124 e. The van der Waals surface area contributed by atoms with Crippen LogP contribution in [0.4, 0.5) is 0 Å². The largest absolute Gasteiger partial charge is 0.497 e. The summed E-state index contributed by atoms with van der Waals surface area (Å²) in [6, 6.07) is 14.1. The van der Waals surface area contributed by atoms with Gasteiger partial charge in [-0.2, -0.15) is 0 Å². The lowest BCUT2D eigenvalue weighted by molar-refractivity contribution is 0.415. The lowest BCUT2D eigenvalue weighted by Gasteiger charge is -2.14. The summed E-state index contributed by atoms with van der Waals surface area (Å²) in [6.07, 6.45) is 8.73. The minimum atomic E-state index is 0.741. The van der Waals surface area contributed by atoms with E-state index >= 15 is 0 Å². The molecule has 0 atom stereocenters. The average molecular weight is 410 g/mol. The fourth-order valence-corrected chi connectivity index (χ4v) is 4.21. The Morgan fingerprint density at radius 2 is 2.10 bits per heavy atom. The number of rotatable bonds is 8. The second-order valence-electron chi connectivity index (χ2n) is 7.63. The van der Waals surface area contributed by atoms with Crippen molar-refractivity contribution in [3.8, 4) is 5.75 Å². The lowest BCUT2D eigenvalue weighted by atomic mass is 9.97. The number of ether oxygens (including phenoxy) is 1. The summed E-state index contributed by atoms with van der Waals surface area (Å²) in [7, 11) is 1.69. The van der Waals surface area contributed by atoms with E-state index in [0.717, 1.165) is 53.7 Å². The number of nitrogens with one attached hydrogen (secondary N) is 1. The third-order valence-electron chi connectivity index (χ3n) is 5.56. The van der Waals surface area contributed by atoms with Crippen molar-refractivity contribution in [2.75, 3.05) is 13.7 Å². The van der Waals surface area contributed by atoms with E-state index in [1.165, 1.54) is 31.2 Å². The zero-order valence-electron chi connectivity index (χ0n) is 17.0. The van der Waals surface area contributed by atoms with Crippen LogP contribution in [0.2, 0.25) is 5.02 Å². The van der Waals surface area contributed by atoms with Gasteiger partial charge in [-0.3, -0.25) is 0 Å². The summed E-state index contributed by atoms with van der Waals surface area (Å²) in [5, 5.41) is 4.35. The third-order valence-corrected chi connectivity index (χ3v) is 5.79. The van der Waals surface area contributed by atoms with Crippen molar-refractivity contribution >= 4 is 22.6 Å². The second kappa shape index (κ2) is 9.47. The Kier molecular flexibility index (Phi) is 6.53. The molecule has 0 amide bonds. The van der Waals surface area contributed by atoms with E-state index in [-0.39, 0.29) is 0 Å². The molecule has 3 aromatic rings. The summed E-state index contributed by atoms with van der Waals surface area (Å²) >= 11 is 6.20. The molecular formula is C24H28ClN3O. The minimum absolute atomic E-state index is 0.741. The van der Waals surface area contributed by atoms with Gasteiger partial charge in [0.1, 0.15) is 11.6 Å². The first-order chi connectivity index (χ1) is 14.2. The van der Waals surface area contributed by atoms with Gasteiger partial charge < -0.3 is 14.6 Å². The fraction of sp³-hybridized carbons (Fsp3) is 0.375. The molecule has 1 aromatic heterocycles. The molecule has 0 saturated carbocycles. The first-order valence-electron chi connectivity index (χ1n) is 10.4. The first-order valence-corrected chi connectivity index (χ1v) is 10.8. The van der Waals surface area contributed by atoms with E-state index in [1.54, 1.807) is 12.7 Å². The molecule has 0 fully saturated rings. The highest BCUT2D eigenvalue weighted by molar-refractivity contribution is 6.30. The van der Waals surface area contributed by atoms with Crippen molar-refractivity contribution < 1.29 is 4.74 Å². The highest BCUT2D eigenvalue weighted by Crippen LogP contribution is 2.24. The van der Waals surface area contributed by atoms with Crippen molar-refractivity contribution in [3.63, 3.8) is 0 Å². The summed E-state index contributed by atoms with van der Waals surface area (Å²) in [6.45, 7) is 2.46. The van der Waals surface area contributed by atoms with Crippen LogP contribution in [0.3, 0.4) is 0 Å². The zero-order valence-corrected chi connectivity index (χ0v) is 17.7. The van der Waals surface area contributed by atoms with Gasteiger partial charge >= 0.3 is 0 Å². The SMILES string of the molecule is COc1ccc2c(c1)nc(CNCCC1=CCCCC1)n2Cc1cccc(Cl)c1. The number of allylic oxidation sites excluding steroid dienone is 1. The number of aromatic nitrogens is 2. The molecule has 0 aliphatic heterocycles. The Morgan fingerprint density at radius 3 is 2.90 bits per heavy atom. The molecule has 4 nitrogen and oxygen atoms in total. The second-order valence-corrected chi connectivity index (χ2v) is 8.07. The molecule has 1 heterocycles. The molecule has 0 unspecified atom stereocenters. The van der Waals surface area contributed by atoms with Gasteiger partial charge in [-0.15, -0.1) is 0 Å². The van der Waals surface area contributed by atoms with Crippen LogP contribution in [0.15, 0.2) is 54.1 Å². The normalized spacial score (nSPS) is 14.2. The summed E-state index contributed by atoms with van der Waals surface area (Å²) in [4.78, 5) is 4.90. The van der Waals surface area contributed by atoms with Gasteiger partial charge in [-0.05, 0) is 68.5 Å². The number of fused-ring (bicyclic) bond motifs is 1. The molecule has 1 aliphatic carbocycles. The monoisotopic (exact) mass is 409 g/mol. The van der Waals surface area contributed by atoms with Crippen molar-refractivity contribution in [3.05, 3.63) is 70.5 Å². The predicted octanol–water partition coefficient (Wildman–Crippen LogP) is 5.73. The Bertz CT molecular complexity index is 1010. The van der Waals surface area contributed by atoms with Crippen molar-refractivity contribution in [1.82, 2.24) is 14.9 Å². The maximum absolute atomic E-state index is 6.20. The number of benzene rings is 2. The number of halogens is 1. The van der Waals surface area contributed by atoms with Gasteiger partial charge in [0, 0.05) is 17.6 Å². The Balaban J connectivity index is 1.53. The van der Waals surface area contributed by atoms with Gasteiger partial charge in [0.05, 0.1) is 24.7 Å². The van der Waals surface area contributed by atoms with Crippen LogP contribution >= 0.6 is 11.6 Å². The third kappa shape index (κ3) is 5.01. The van der Waals surface area contributed by atoms with Gasteiger partial charge in [-0.1, -0.05) is 35.4 Å². The molecule has 1 aliphatic rings. The molecule has 1 N–H and O–H groups in total. The standard InChI is InChI=1S/C24H28ClN3O/c1-29-21-10-11-23-22(15-21)27-24(16-26-13-12-18-6-3-2-4-7-18)28(23)17-19-8-5-9-20(25)14-19/h5-6,8-11,14-15,26H,2-4,7,12-13,16-17H2,1H3. The number of hydrogen-bond acceptors (Lipinski definition) is 3. The van der Waals surface area contributed by atoms with E-state index in [0.29, 0.717) is 0 Å². The van der Waals surface area contributed by atoms with E-state index in [9.17, 15) is 0 Å². The number of imidazole rings is 1. The Labute approximate surface area is 177 Å². The molecule has 0 saturated heterocycles. The minimum Gasteiger partial charge on any atom is -0.497 e. The van der Waals surface area contributed by atoms with Crippen molar-refractivity contribution in [2.24, 2.45) is 0 Å². The molecule has 152 valence electrons. The van der Waals surface area contributed by atoms with Gasteiger partial charge in [0.25, 0.3) is 0 Å². The number of nitrogens with zero attached hydrogens (tertiary/aromatic N) is 2. The average Bonchev–Trinajstić information content (AvgIpc) is 3.08. The van der Waals surface area contributed by atoms with Crippen molar-refractivity contribution in [2.45, 2.75) is 45.2 Å². The highest BCUT2D eigenvalue weighted by Gasteiger charge is 2.12. The van der Waals surface area contributed by atoms with E-state index < -0.39 is 0 Å². The molecule has 0 radical (unpaired) electrons. The zero-order chi connectivity index (χ0) is 20.1. The highest BCUT2D eigenvalue weighted by atomic mass is 35.5. The first kappa shape index (κ1) is 20.0. The van der Waals surface area contributed by atoms with Crippen LogP contribution in [0.5, 0.6) is 5.75 Å². The van der Waals surface area contributed by atoms with E-state index in [1.807, 2.05) is 30.3 Å². The molecular weight excluding hydrogens is 382 g/mol. The predicted molar refractivity (Wildman–Crippen MR) is 120 cm³/mol. The molecule has 0 spiro atoms. The van der Waals surface area contributed by atoms with Gasteiger partial charge in [-0.25, -0.2) is 4.98 Å². The summed E-state index contributed by atoms with van der Waals surface area (Å²) in [5.74, 6) is 1.86. The van der Waals surface area contributed by atoms with E-state index in [2.05, 4.69) is 28.1 Å². The van der Waals surface area contributed by atoms with Crippen LogP contribution in [-0.2, 0) is 13.1 Å². The van der Waals surface area contributed by atoms with Crippen LogP contribution in [0.25, 0.3) is 11.0 Å². The summed E-state index contributed by atoms with van der Waals surface area (Å²) < 4.78 is 7.65. The quantitative estimate of drug-likeness (QED) is 0.381. The fourth-order valence-electron chi connectivity index (χ4n) is 4.00. The molecule has 29 heavy (non-hydrogen) atoms. The van der Waals surface area contributed by atoms with Crippen LogP contribution in [0.1, 0.15) is 43.5 Å². The van der Waals surface area contributed by atoms with Crippen LogP contribution < -0.4 is 10.1 Å². The topological polar surface area (TPSA) is 39.1 Å². The molecule has 2 aromatic carbocycles. The van der Waals surface area contributed by atoms with E-state index in [4.69, 9.17) is 21.3 Å². The maximum atomic E-state index is 6.20. The Morgan fingerprint density at radius 1 is 1.17 bits per heavy atom. The number of hydrogen-bond donors (Lipinski definition) is 1. The summed E-state index contributed by atoms with van der Waals surface area (Å²) in [5.41, 5.74) is 4.83. The maximum Gasteiger partial charge on any atom is 0.124 e. The lowest BCUT2D eigenvalue weighted by Crippen LogP contribution is -2.19. The van der Waals surface area contributed by atoms with Crippen LogP contribution in [-0.4, -0.2) is 23.2 Å². The number of methoxy groups -OCH3 is 1. The van der Waals surface area contributed by atoms with Crippen molar-refractivity contribution in [1.29, 1.82) is 0 Å². The van der Waals surface area contributed by atoms with Crippen LogP contribution in [0, 0.1) is 0 Å². The van der Waals surface area contributed by atoms with Gasteiger partial charge in [0.15, 0.2) is 0 Å². The molecule has 5 heteroatoms. The molecule has 4 rings (SSSR count).